The lowest BCUT2D eigenvalue weighted by molar-refractivity contribution is 0.136. The van der Waals surface area contributed by atoms with Gasteiger partial charge in [0.1, 0.15) is 0 Å². The number of hydrogen-bond acceptors (Lipinski definition) is 2. The van der Waals surface area contributed by atoms with Crippen molar-refractivity contribution < 1.29 is 5.11 Å². The van der Waals surface area contributed by atoms with E-state index in [0.717, 1.165) is 18.5 Å². The first-order valence-electron chi connectivity index (χ1n) is 7.77. The number of aromatic amines is 1. The van der Waals surface area contributed by atoms with E-state index in [1.165, 1.54) is 16.5 Å². The van der Waals surface area contributed by atoms with Gasteiger partial charge < -0.3 is 15.4 Å². The fourth-order valence-corrected chi connectivity index (χ4v) is 2.82. The van der Waals surface area contributed by atoms with Crippen LogP contribution >= 0.6 is 0 Å². The Kier molecular flexibility index (Phi) is 4.56. The number of fused-ring (bicyclic) bond motifs is 1. The Balaban J connectivity index is 1.56. The second-order valence-electron chi connectivity index (χ2n) is 5.71. The Hall–Kier alpha value is -2.10. The summed E-state index contributed by atoms with van der Waals surface area (Å²) >= 11 is 0. The Labute approximate surface area is 131 Å². The van der Waals surface area contributed by atoms with Crippen LogP contribution in [0.1, 0.15) is 24.2 Å². The average Bonchev–Trinajstić information content (AvgIpc) is 2.98. The molecule has 3 N–H and O–H groups in total. The van der Waals surface area contributed by atoms with Crippen LogP contribution in [-0.4, -0.2) is 22.7 Å². The average molecular weight is 294 g/mol. The maximum atomic E-state index is 10.3. The van der Waals surface area contributed by atoms with Crippen LogP contribution in [0.2, 0.25) is 0 Å². The smallest absolute Gasteiger partial charge is 0.0940 e. The molecule has 0 aliphatic carbocycles. The molecule has 22 heavy (non-hydrogen) atoms. The van der Waals surface area contributed by atoms with Crippen molar-refractivity contribution in [1.82, 2.24) is 10.3 Å². The van der Waals surface area contributed by atoms with Crippen molar-refractivity contribution in [2.45, 2.75) is 25.5 Å². The van der Waals surface area contributed by atoms with Crippen molar-refractivity contribution in [3.05, 3.63) is 71.9 Å². The highest BCUT2D eigenvalue weighted by molar-refractivity contribution is 5.83. The molecule has 0 bridgehead atoms. The number of hydrogen-bond donors (Lipinski definition) is 3. The lowest BCUT2D eigenvalue weighted by Crippen LogP contribution is -2.33. The number of para-hydroxylation sites is 1. The molecular weight excluding hydrogens is 272 g/mol. The van der Waals surface area contributed by atoms with Crippen LogP contribution in [-0.2, 0) is 6.42 Å². The lowest BCUT2D eigenvalue weighted by Gasteiger charge is -2.20. The highest BCUT2D eigenvalue weighted by atomic mass is 16.3. The molecule has 3 nitrogen and oxygen atoms in total. The van der Waals surface area contributed by atoms with Crippen LogP contribution in [0.5, 0.6) is 0 Å². The summed E-state index contributed by atoms with van der Waals surface area (Å²) < 4.78 is 0. The van der Waals surface area contributed by atoms with E-state index >= 15 is 0 Å². The number of aliphatic hydroxyl groups excluding tert-OH is 1. The largest absolute Gasteiger partial charge is 0.387 e. The van der Waals surface area contributed by atoms with Gasteiger partial charge >= 0.3 is 0 Å². The van der Waals surface area contributed by atoms with Crippen LogP contribution in [0.25, 0.3) is 10.9 Å². The van der Waals surface area contributed by atoms with Crippen LogP contribution in [0.4, 0.5) is 0 Å². The van der Waals surface area contributed by atoms with Crippen molar-refractivity contribution in [2.24, 2.45) is 0 Å². The second kappa shape index (κ2) is 6.77. The normalized spacial score (nSPS) is 14.1. The zero-order chi connectivity index (χ0) is 15.4. The fraction of sp³-hybridized carbons (Fsp3) is 0.263. The van der Waals surface area contributed by atoms with Gasteiger partial charge in [-0.05, 0) is 37.1 Å². The summed E-state index contributed by atoms with van der Waals surface area (Å²) in [6.07, 6.45) is 2.53. The topological polar surface area (TPSA) is 48.0 Å². The summed E-state index contributed by atoms with van der Waals surface area (Å²) in [4.78, 5) is 3.30. The molecule has 114 valence electrons. The molecule has 0 aliphatic heterocycles. The molecule has 2 unspecified atom stereocenters. The molecule has 0 aliphatic rings. The Morgan fingerprint density at radius 2 is 1.77 bits per heavy atom. The molecule has 2 aromatic carbocycles. The van der Waals surface area contributed by atoms with Crippen molar-refractivity contribution in [1.29, 1.82) is 0 Å². The fourth-order valence-electron chi connectivity index (χ4n) is 2.82. The summed E-state index contributed by atoms with van der Waals surface area (Å²) in [5.74, 6) is 0. The summed E-state index contributed by atoms with van der Waals surface area (Å²) in [7, 11) is 0. The zero-order valence-electron chi connectivity index (χ0n) is 12.8. The first-order valence-corrected chi connectivity index (χ1v) is 7.77. The van der Waals surface area contributed by atoms with E-state index in [-0.39, 0.29) is 6.04 Å². The zero-order valence-corrected chi connectivity index (χ0v) is 12.8. The van der Waals surface area contributed by atoms with Gasteiger partial charge in [0.15, 0.2) is 0 Å². The molecule has 1 heterocycles. The van der Waals surface area contributed by atoms with Gasteiger partial charge in [0.05, 0.1) is 6.10 Å². The Morgan fingerprint density at radius 3 is 2.59 bits per heavy atom. The van der Waals surface area contributed by atoms with Gasteiger partial charge in [-0.25, -0.2) is 0 Å². The third kappa shape index (κ3) is 3.21. The van der Waals surface area contributed by atoms with Crippen molar-refractivity contribution >= 4 is 10.9 Å². The molecule has 2 atom stereocenters. The van der Waals surface area contributed by atoms with Crippen LogP contribution in [0.3, 0.4) is 0 Å². The summed E-state index contributed by atoms with van der Waals surface area (Å²) in [5, 5.41) is 15.0. The number of nitrogens with one attached hydrogen (secondary N) is 2. The van der Waals surface area contributed by atoms with Gasteiger partial charge in [-0.15, -0.1) is 0 Å². The molecule has 0 saturated heterocycles. The van der Waals surface area contributed by atoms with E-state index in [4.69, 9.17) is 0 Å². The highest BCUT2D eigenvalue weighted by Crippen LogP contribution is 2.19. The van der Waals surface area contributed by atoms with E-state index in [0.29, 0.717) is 0 Å². The van der Waals surface area contributed by atoms with E-state index in [9.17, 15) is 5.11 Å². The minimum absolute atomic E-state index is 0.0209. The molecule has 0 spiro atoms. The van der Waals surface area contributed by atoms with E-state index < -0.39 is 6.10 Å². The lowest BCUT2D eigenvalue weighted by atomic mass is 10.0. The van der Waals surface area contributed by atoms with Crippen molar-refractivity contribution in [2.75, 3.05) is 6.54 Å². The molecule has 0 fully saturated rings. The number of rotatable bonds is 6. The van der Waals surface area contributed by atoms with Gasteiger partial charge in [-0.1, -0.05) is 48.5 Å². The first kappa shape index (κ1) is 14.8. The number of aliphatic hydroxyl groups is 1. The third-order valence-electron chi connectivity index (χ3n) is 4.15. The highest BCUT2D eigenvalue weighted by Gasteiger charge is 2.15. The predicted molar refractivity (Wildman–Crippen MR) is 90.9 cm³/mol. The third-order valence-corrected chi connectivity index (χ3v) is 4.15. The molecule has 3 aromatic rings. The molecular formula is C19H22N2O. The maximum absolute atomic E-state index is 10.3. The first-order chi connectivity index (χ1) is 10.8. The Bertz CT molecular complexity index is 720. The molecule has 3 heteroatoms. The van der Waals surface area contributed by atoms with E-state index in [1.54, 1.807) is 0 Å². The summed E-state index contributed by atoms with van der Waals surface area (Å²) in [6.45, 7) is 2.86. The predicted octanol–water partition coefficient (Wildman–Crippen LogP) is 3.42. The quantitative estimate of drug-likeness (QED) is 0.652. The monoisotopic (exact) mass is 294 g/mol. The molecule has 0 radical (unpaired) electrons. The van der Waals surface area contributed by atoms with Crippen molar-refractivity contribution in [3.63, 3.8) is 0 Å². The van der Waals surface area contributed by atoms with E-state index in [1.807, 2.05) is 43.3 Å². The minimum atomic E-state index is -0.482. The second-order valence-corrected chi connectivity index (χ2v) is 5.71. The maximum Gasteiger partial charge on any atom is 0.0940 e. The standard InChI is InChI=1S/C19H22N2O/c1-14(19(22)15-7-3-2-4-8-15)20-12-11-16-13-21-18-10-6-5-9-17(16)18/h2-10,13-14,19-22H,11-12H2,1H3. The van der Waals surface area contributed by atoms with Gasteiger partial charge in [0, 0.05) is 23.1 Å². The molecule has 0 amide bonds. The van der Waals surface area contributed by atoms with Crippen LogP contribution in [0, 0.1) is 0 Å². The van der Waals surface area contributed by atoms with Gasteiger partial charge in [0.2, 0.25) is 0 Å². The number of H-pyrrole nitrogens is 1. The number of aromatic nitrogens is 1. The van der Waals surface area contributed by atoms with Gasteiger partial charge in [0.25, 0.3) is 0 Å². The van der Waals surface area contributed by atoms with Crippen molar-refractivity contribution in [3.8, 4) is 0 Å². The SMILES string of the molecule is CC(NCCc1c[nH]c2ccccc12)C(O)c1ccccc1. The van der Waals surface area contributed by atoms with Gasteiger partial charge in [-0.2, -0.15) is 0 Å². The van der Waals surface area contributed by atoms with Crippen LogP contribution in [0.15, 0.2) is 60.8 Å². The van der Waals surface area contributed by atoms with E-state index in [2.05, 4.69) is 34.7 Å². The molecule has 0 saturated carbocycles. The molecule has 1 aromatic heterocycles. The van der Waals surface area contributed by atoms with Gasteiger partial charge in [-0.3, -0.25) is 0 Å². The Morgan fingerprint density at radius 1 is 1.05 bits per heavy atom. The molecule has 3 rings (SSSR count). The number of benzene rings is 2. The summed E-state index contributed by atoms with van der Waals surface area (Å²) in [6, 6.07) is 18.2. The minimum Gasteiger partial charge on any atom is -0.387 e. The van der Waals surface area contributed by atoms with Crippen LogP contribution < -0.4 is 5.32 Å². The summed E-state index contributed by atoms with van der Waals surface area (Å²) in [5.41, 5.74) is 3.44.